The van der Waals surface area contributed by atoms with Crippen molar-refractivity contribution in [3.63, 3.8) is 0 Å². The topological polar surface area (TPSA) is 46.9 Å². The molecule has 21 heavy (non-hydrogen) atoms. The zero-order valence-corrected chi connectivity index (χ0v) is 13.4. The minimum atomic E-state index is 0.0163. The van der Waals surface area contributed by atoms with Gasteiger partial charge in [0, 0.05) is 29.0 Å². The molecule has 0 aliphatic heterocycles. The fourth-order valence-corrected chi connectivity index (χ4v) is 2.44. The Balaban J connectivity index is 2.14. The highest BCUT2D eigenvalue weighted by atomic mass is 35.5. The molecule has 4 nitrogen and oxygen atoms in total. The van der Waals surface area contributed by atoms with Gasteiger partial charge in [0.15, 0.2) is 0 Å². The first-order valence-corrected chi connectivity index (χ1v) is 7.46. The number of amides is 1. The molecule has 2 aromatic rings. The zero-order valence-electron chi connectivity index (χ0n) is 12.6. The van der Waals surface area contributed by atoms with Gasteiger partial charge in [-0.15, -0.1) is 0 Å². The van der Waals surface area contributed by atoms with E-state index in [1.807, 2.05) is 39.1 Å². The van der Waals surface area contributed by atoms with Gasteiger partial charge in [-0.25, -0.2) is 4.98 Å². The molecule has 112 valence electrons. The van der Waals surface area contributed by atoms with Gasteiger partial charge in [0.05, 0.1) is 6.54 Å². The van der Waals surface area contributed by atoms with Gasteiger partial charge in [-0.1, -0.05) is 24.6 Å². The maximum absolute atomic E-state index is 11.6. The summed E-state index contributed by atoms with van der Waals surface area (Å²) in [6.45, 7) is 6.65. The summed E-state index contributed by atoms with van der Waals surface area (Å²) in [5.74, 6) is 0.978. The minimum Gasteiger partial charge on any atom is -0.328 e. The molecule has 0 aliphatic carbocycles. The molecule has 0 saturated carbocycles. The largest absolute Gasteiger partial charge is 0.328 e. The predicted molar refractivity (Wildman–Crippen MR) is 85.8 cm³/mol. The Morgan fingerprint density at radius 1 is 1.38 bits per heavy atom. The van der Waals surface area contributed by atoms with Crippen LogP contribution in [0.25, 0.3) is 0 Å². The van der Waals surface area contributed by atoms with Crippen molar-refractivity contribution in [1.82, 2.24) is 9.55 Å². The van der Waals surface area contributed by atoms with Crippen molar-refractivity contribution in [3.05, 3.63) is 46.5 Å². The van der Waals surface area contributed by atoms with Crippen LogP contribution in [0.3, 0.4) is 0 Å². The molecule has 0 fully saturated rings. The fourth-order valence-electron chi connectivity index (χ4n) is 2.19. The SMILES string of the molecule is CCCC(=O)Nc1ccc(Cn2c(C)cnc2C)c(Cl)c1. The van der Waals surface area contributed by atoms with E-state index in [0.29, 0.717) is 18.0 Å². The van der Waals surface area contributed by atoms with Gasteiger partial charge in [0.2, 0.25) is 5.91 Å². The van der Waals surface area contributed by atoms with Crippen LogP contribution in [0.2, 0.25) is 5.02 Å². The fraction of sp³-hybridized carbons (Fsp3) is 0.375. The molecule has 1 amide bonds. The van der Waals surface area contributed by atoms with Crippen LogP contribution in [-0.4, -0.2) is 15.5 Å². The van der Waals surface area contributed by atoms with Crippen LogP contribution >= 0.6 is 11.6 Å². The van der Waals surface area contributed by atoms with E-state index in [1.54, 1.807) is 6.07 Å². The molecule has 0 unspecified atom stereocenters. The van der Waals surface area contributed by atoms with Crippen molar-refractivity contribution in [2.75, 3.05) is 5.32 Å². The molecule has 0 aliphatic rings. The zero-order chi connectivity index (χ0) is 15.4. The lowest BCUT2D eigenvalue weighted by atomic mass is 10.2. The first-order chi connectivity index (χ1) is 10.0. The lowest BCUT2D eigenvalue weighted by molar-refractivity contribution is -0.116. The van der Waals surface area contributed by atoms with Crippen molar-refractivity contribution >= 4 is 23.2 Å². The van der Waals surface area contributed by atoms with Crippen LogP contribution < -0.4 is 5.32 Å². The molecule has 1 aromatic carbocycles. The third-order valence-electron chi connectivity index (χ3n) is 3.40. The Kier molecular flexibility index (Phi) is 5.02. The highest BCUT2D eigenvalue weighted by molar-refractivity contribution is 6.31. The molecular weight excluding hydrogens is 286 g/mol. The lowest BCUT2D eigenvalue weighted by Gasteiger charge is -2.11. The number of anilines is 1. The summed E-state index contributed by atoms with van der Waals surface area (Å²) in [4.78, 5) is 15.9. The maximum Gasteiger partial charge on any atom is 0.224 e. The molecule has 0 saturated heterocycles. The van der Waals surface area contributed by atoms with Crippen LogP contribution in [0.15, 0.2) is 24.4 Å². The molecule has 1 aromatic heterocycles. The maximum atomic E-state index is 11.6. The van der Waals surface area contributed by atoms with Gasteiger partial charge >= 0.3 is 0 Å². The van der Waals surface area contributed by atoms with Crippen molar-refractivity contribution in [2.24, 2.45) is 0 Å². The van der Waals surface area contributed by atoms with Gasteiger partial charge in [-0.2, -0.15) is 0 Å². The van der Waals surface area contributed by atoms with Crippen LogP contribution in [0.5, 0.6) is 0 Å². The number of nitrogens with zero attached hydrogens (tertiary/aromatic N) is 2. The van der Waals surface area contributed by atoms with E-state index in [-0.39, 0.29) is 5.91 Å². The Bertz CT molecular complexity index is 629. The van der Waals surface area contributed by atoms with Crippen LogP contribution in [0.1, 0.15) is 36.8 Å². The Morgan fingerprint density at radius 3 is 2.71 bits per heavy atom. The highest BCUT2D eigenvalue weighted by Crippen LogP contribution is 2.23. The van der Waals surface area contributed by atoms with E-state index in [4.69, 9.17) is 11.6 Å². The van der Waals surface area contributed by atoms with E-state index in [0.717, 1.165) is 29.2 Å². The van der Waals surface area contributed by atoms with Gasteiger partial charge in [-0.3, -0.25) is 4.79 Å². The van der Waals surface area contributed by atoms with E-state index in [9.17, 15) is 4.79 Å². The van der Waals surface area contributed by atoms with Crippen molar-refractivity contribution in [2.45, 2.75) is 40.2 Å². The number of aromatic nitrogens is 2. The Labute approximate surface area is 130 Å². The van der Waals surface area contributed by atoms with Crippen molar-refractivity contribution in [3.8, 4) is 0 Å². The number of imidazole rings is 1. The average Bonchev–Trinajstić information content (AvgIpc) is 2.73. The van der Waals surface area contributed by atoms with E-state index in [2.05, 4.69) is 14.9 Å². The number of rotatable bonds is 5. The third-order valence-corrected chi connectivity index (χ3v) is 3.75. The molecule has 0 spiro atoms. The smallest absolute Gasteiger partial charge is 0.224 e. The normalized spacial score (nSPS) is 10.7. The molecule has 5 heteroatoms. The number of carbonyl (C=O) groups is 1. The number of benzene rings is 1. The minimum absolute atomic E-state index is 0.0163. The molecule has 0 radical (unpaired) electrons. The average molecular weight is 306 g/mol. The lowest BCUT2D eigenvalue weighted by Crippen LogP contribution is -2.11. The van der Waals surface area contributed by atoms with Gasteiger partial charge in [0.25, 0.3) is 0 Å². The number of halogens is 1. The van der Waals surface area contributed by atoms with Crippen LogP contribution in [-0.2, 0) is 11.3 Å². The van der Waals surface area contributed by atoms with E-state index in [1.165, 1.54) is 0 Å². The molecule has 0 atom stereocenters. The highest BCUT2D eigenvalue weighted by Gasteiger charge is 2.08. The molecule has 0 bridgehead atoms. The quantitative estimate of drug-likeness (QED) is 0.909. The predicted octanol–water partition coefficient (Wildman–Crippen LogP) is 3.94. The second-order valence-corrected chi connectivity index (χ2v) is 5.54. The molecule has 1 N–H and O–H groups in total. The summed E-state index contributed by atoms with van der Waals surface area (Å²) in [5.41, 5.74) is 2.85. The summed E-state index contributed by atoms with van der Waals surface area (Å²) >= 11 is 6.33. The van der Waals surface area contributed by atoms with Crippen molar-refractivity contribution < 1.29 is 4.79 Å². The summed E-state index contributed by atoms with van der Waals surface area (Å²) < 4.78 is 2.11. The summed E-state index contributed by atoms with van der Waals surface area (Å²) in [6, 6.07) is 5.63. The number of nitrogens with one attached hydrogen (secondary N) is 1. The second-order valence-electron chi connectivity index (χ2n) is 5.14. The number of hydrogen-bond acceptors (Lipinski definition) is 2. The summed E-state index contributed by atoms with van der Waals surface area (Å²) in [5, 5.41) is 3.50. The van der Waals surface area contributed by atoms with Gasteiger partial charge in [-0.05, 0) is 38.0 Å². The van der Waals surface area contributed by atoms with E-state index >= 15 is 0 Å². The van der Waals surface area contributed by atoms with E-state index < -0.39 is 0 Å². The Hall–Kier alpha value is -1.81. The Morgan fingerprint density at radius 2 is 2.14 bits per heavy atom. The summed E-state index contributed by atoms with van der Waals surface area (Å²) in [7, 11) is 0. The number of hydrogen-bond donors (Lipinski definition) is 1. The standard InChI is InChI=1S/C16H20ClN3O/c1-4-5-16(21)19-14-7-6-13(15(17)8-14)10-20-11(2)9-18-12(20)3/h6-9H,4-5,10H2,1-3H3,(H,19,21). The third kappa shape index (κ3) is 3.85. The van der Waals surface area contributed by atoms with Gasteiger partial charge < -0.3 is 9.88 Å². The number of carbonyl (C=O) groups excluding carboxylic acids is 1. The van der Waals surface area contributed by atoms with Gasteiger partial charge in [0.1, 0.15) is 5.82 Å². The number of aryl methyl sites for hydroxylation is 2. The molecular formula is C16H20ClN3O. The molecule has 1 heterocycles. The van der Waals surface area contributed by atoms with Crippen LogP contribution in [0.4, 0.5) is 5.69 Å². The van der Waals surface area contributed by atoms with Crippen LogP contribution in [0, 0.1) is 13.8 Å². The first-order valence-electron chi connectivity index (χ1n) is 7.08. The van der Waals surface area contributed by atoms with Crippen molar-refractivity contribution in [1.29, 1.82) is 0 Å². The molecule has 2 rings (SSSR count). The monoisotopic (exact) mass is 305 g/mol. The summed E-state index contributed by atoms with van der Waals surface area (Å²) in [6.07, 6.45) is 3.20. The first kappa shape index (κ1) is 15.6. The second kappa shape index (κ2) is 6.76.